The average molecular weight is 289 g/mol. The van der Waals surface area contributed by atoms with Crippen molar-refractivity contribution in [1.82, 2.24) is 9.88 Å². The fourth-order valence-corrected chi connectivity index (χ4v) is 3.56. The Morgan fingerprint density at radius 3 is 2.60 bits per heavy atom. The number of nitrogens with two attached hydrogens (primary N) is 1. The lowest BCUT2D eigenvalue weighted by atomic mass is 10.1. The Morgan fingerprint density at radius 1 is 1.30 bits per heavy atom. The lowest BCUT2D eigenvalue weighted by Crippen LogP contribution is -2.30. The monoisotopic (exact) mass is 289 g/mol. The second kappa shape index (κ2) is 6.48. The van der Waals surface area contributed by atoms with Crippen LogP contribution in [0.1, 0.15) is 32.7 Å². The van der Waals surface area contributed by atoms with E-state index in [0.717, 1.165) is 17.9 Å². The third-order valence-electron chi connectivity index (χ3n) is 3.55. The van der Waals surface area contributed by atoms with Crippen molar-refractivity contribution < 1.29 is 0 Å². The molecule has 2 heterocycles. The summed E-state index contributed by atoms with van der Waals surface area (Å²) in [5, 5.41) is 0. The number of nitrogens with zero attached hydrogens (tertiary/aromatic N) is 2. The molecule has 3 nitrogen and oxygen atoms in total. The molecule has 0 spiro atoms. The normalized spacial score (nSPS) is 12.9. The quantitative estimate of drug-likeness (QED) is 0.919. The zero-order valence-corrected chi connectivity index (χ0v) is 13.5. The van der Waals surface area contributed by atoms with Crippen molar-refractivity contribution in [2.45, 2.75) is 33.4 Å². The summed E-state index contributed by atoms with van der Waals surface area (Å²) in [7, 11) is 2.12. The molecule has 0 saturated heterocycles. The first-order chi connectivity index (χ1) is 9.51. The van der Waals surface area contributed by atoms with Gasteiger partial charge in [-0.2, -0.15) is 0 Å². The van der Waals surface area contributed by atoms with E-state index in [1.165, 1.54) is 15.3 Å². The van der Waals surface area contributed by atoms with Crippen molar-refractivity contribution >= 4 is 11.3 Å². The van der Waals surface area contributed by atoms with E-state index in [4.69, 9.17) is 5.73 Å². The van der Waals surface area contributed by atoms with Crippen molar-refractivity contribution in [3.05, 3.63) is 51.0 Å². The number of rotatable bonds is 5. The van der Waals surface area contributed by atoms with Crippen LogP contribution in [0.3, 0.4) is 0 Å². The maximum atomic E-state index is 6.01. The zero-order chi connectivity index (χ0) is 14.7. The molecule has 1 unspecified atom stereocenters. The summed E-state index contributed by atoms with van der Waals surface area (Å²) in [6.45, 7) is 7.79. The van der Waals surface area contributed by atoms with Gasteiger partial charge in [0.25, 0.3) is 0 Å². The third-order valence-corrected chi connectivity index (χ3v) is 4.53. The maximum absolute atomic E-state index is 6.01. The molecule has 0 aliphatic heterocycles. The van der Waals surface area contributed by atoms with Crippen LogP contribution < -0.4 is 5.73 Å². The van der Waals surface area contributed by atoms with Gasteiger partial charge in [0.05, 0.1) is 5.69 Å². The molecule has 0 aliphatic rings. The fourth-order valence-electron chi connectivity index (χ4n) is 2.58. The van der Waals surface area contributed by atoms with Gasteiger partial charge in [0.2, 0.25) is 0 Å². The maximum Gasteiger partial charge on any atom is 0.0547 e. The molecule has 0 aromatic carbocycles. The molecule has 2 aromatic rings. The summed E-state index contributed by atoms with van der Waals surface area (Å²) < 4.78 is 0. The zero-order valence-electron chi connectivity index (χ0n) is 12.7. The molecule has 108 valence electrons. The molecule has 0 aliphatic carbocycles. The first kappa shape index (κ1) is 15.2. The number of aromatic nitrogens is 1. The Balaban J connectivity index is 2.17. The number of aryl methyl sites for hydroxylation is 3. The highest BCUT2D eigenvalue weighted by molar-refractivity contribution is 7.12. The summed E-state index contributed by atoms with van der Waals surface area (Å²) in [5.41, 5.74) is 9.51. The predicted molar refractivity (Wildman–Crippen MR) is 86.0 cm³/mol. The molecule has 0 saturated carbocycles. The molecule has 4 heteroatoms. The second-order valence-electron chi connectivity index (χ2n) is 5.31. The molecule has 2 aromatic heterocycles. The van der Waals surface area contributed by atoms with Crippen molar-refractivity contribution in [3.8, 4) is 0 Å². The molecule has 0 radical (unpaired) electrons. The topological polar surface area (TPSA) is 42.1 Å². The van der Waals surface area contributed by atoms with E-state index >= 15 is 0 Å². The number of pyridine rings is 1. The minimum Gasteiger partial charge on any atom is -0.329 e. The molecule has 1 atom stereocenters. The smallest absolute Gasteiger partial charge is 0.0547 e. The molecule has 2 N–H and O–H groups in total. The highest BCUT2D eigenvalue weighted by Gasteiger charge is 2.19. The van der Waals surface area contributed by atoms with Gasteiger partial charge in [-0.3, -0.25) is 9.88 Å². The second-order valence-corrected chi connectivity index (χ2v) is 6.77. The van der Waals surface area contributed by atoms with Gasteiger partial charge in [0.15, 0.2) is 0 Å². The SMILES string of the molecule is Cc1cccc(CN(C)C(CN)c2cc(C)sc2C)n1. The molecule has 0 amide bonds. The number of likely N-dealkylation sites (N-methyl/N-ethyl adjacent to an activating group) is 1. The van der Waals surface area contributed by atoms with E-state index in [9.17, 15) is 0 Å². The van der Waals surface area contributed by atoms with Gasteiger partial charge in [-0.25, -0.2) is 0 Å². The largest absolute Gasteiger partial charge is 0.329 e. The van der Waals surface area contributed by atoms with E-state index in [0.29, 0.717) is 6.54 Å². The Labute approximate surface area is 125 Å². The summed E-state index contributed by atoms with van der Waals surface area (Å²) in [4.78, 5) is 9.57. The van der Waals surface area contributed by atoms with Gasteiger partial charge in [-0.05, 0) is 51.6 Å². The molecule has 0 bridgehead atoms. The van der Waals surface area contributed by atoms with Crippen LogP contribution in [0.5, 0.6) is 0 Å². The fraction of sp³-hybridized carbons (Fsp3) is 0.438. The van der Waals surface area contributed by atoms with Crippen LogP contribution in [0.25, 0.3) is 0 Å². The molecule has 0 fully saturated rings. The molecular formula is C16H23N3S. The number of thiophene rings is 1. The van der Waals surface area contributed by atoms with Gasteiger partial charge in [0, 0.05) is 34.6 Å². The van der Waals surface area contributed by atoms with Gasteiger partial charge in [-0.15, -0.1) is 11.3 Å². The van der Waals surface area contributed by atoms with Gasteiger partial charge >= 0.3 is 0 Å². The van der Waals surface area contributed by atoms with Gasteiger partial charge in [0.1, 0.15) is 0 Å². The van der Waals surface area contributed by atoms with E-state index < -0.39 is 0 Å². The minimum absolute atomic E-state index is 0.252. The highest BCUT2D eigenvalue weighted by atomic mass is 32.1. The van der Waals surface area contributed by atoms with E-state index in [-0.39, 0.29) is 6.04 Å². The summed E-state index contributed by atoms with van der Waals surface area (Å²) >= 11 is 1.84. The van der Waals surface area contributed by atoms with E-state index in [2.05, 4.69) is 49.0 Å². The Morgan fingerprint density at radius 2 is 2.05 bits per heavy atom. The lowest BCUT2D eigenvalue weighted by Gasteiger charge is -2.27. The first-order valence-electron chi connectivity index (χ1n) is 6.91. The van der Waals surface area contributed by atoms with Crippen molar-refractivity contribution in [3.63, 3.8) is 0 Å². The Kier molecular flexibility index (Phi) is 4.91. The summed E-state index contributed by atoms with van der Waals surface area (Å²) in [5.74, 6) is 0. The Bertz CT molecular complexity index is 577. The van der Waals surface area contributed by atoms with Gasteiger partial charge < -0.3 is 5.73 Å². The van der Waals surface area contributed by atoms with Crippen LogP contribution in [0, 0.1) is 20.8 Å². The summed E-state index contributed by atoms with van der Waals surface area (Å²) in [6, 6.07) is 8.67. The van der Waals surface area contributed by atoms with E-state index in [1.54, 1.807) is 0 Å². The van der Waals surface area contributed by atoms with Crippen LogP contribution in [0.15, 0.2) is 24.3 Å². The number of hydrogen-bond acceptors (Lipinski definition) is 4. The summed E-state index contributed by atoms with van der Waals surface area (Å²) in [6.07, 6.45) is 0. The van der Waals surface area contributed by atoms with Gasteiger partial charge in [-0.1, -0.05) is 6.07 Å². The average Bonchev–Trinajstić information content (AvgIpc) is 2.69. The lowest BCUT2D eigenvalue weighted by molar-refractivity contribution is 0.239. The van der Waals surface area contributed by atoms with Crippen LogP contribution in [0.2, 0.25) is 0 Å². The highest BCUT2D eigenvalue weighted by Crippen LogP contribution is 2.29. The van der Waals surface area contributed by atoms with Crippen molar-refractivity contribution in [1.29, 1.82) is 0 Å². The standard InChI is InChI=1S/C16H23N3S/c1-11-6-5-7-14(18-11)10-19(4)16(9-17)15-8-12(2)20-13(15)3/h5-8,16H,9-10,17H2,1-4H3. The number of hydrogen-bond donors (Lipinski definition) is 1. The van der Waals surface area contributed by atoms with Crippen molar-refractivity contribution in [2.24, 2.45) is 5.73 Å². The van der Waals surface area contributed by atoms with Crippen molar-refractivity contribution in [2.75, 3.05) is 13.6 Å². The predicted octanol–water partition coefficient (Wildman–Crippen LogP) is 3.20. The van der Waals surface area contributed by atoms with Crippen LogP contribution in [-0.4, -0.2) is 23.5 Å². The van der Waals surface area contributed by atoms with Crippen LogP contribution in [-0.2, 0) is 6.54 Å². The third kappa shape index (κ3) is 3.45. The molecule has 2 rings (SSSR count). The first-order valence-corrected chi connectivity index (χ1v) is 7.72. The van der Waals surface area contributed by atoms with Crippen LogP contribution >= 0.6 is 11.3 Å². The minimum atomic E-state index is 0.252. The molecule has 20 heavy (non-hydrogen) atoms. The Hall–Kier alpha value is -1.23. The molecular weight excluding hydrogens is 266 g/mol. The van der Waals surface area contributed by atoms with E-state index in [1.807, 2.05) is 24.3 Å². The van der Waals surface area contributed by atoms with Crippen LogP contribution in [0.4, 0.5) is 0 Å².